The van der Waals surface area contributed by atoms with Gasteiger partial charge in [-0.3, -0.25) is 0 Å². The van der Waals surface area contributed by atoms with E-state index >= 15 is 0 Å². The van der Waals surface area contributed by atoms with Crippen LogP contribution < -0.4 is 0 Å². The van der Waals surface area contributed by atoms with Gasteiger partial charge in [-0.2, -0.15) is 19.8 Å². The first-order valence-electron chi connectivity index (χ1n) is 0. The maximum Gasteiger partial charge on any atom is 2.00 e. The average molecular weight is 237 g/mol. The molecule has 0 aromatic carbocycles. The van der Waals surface area contributed by atoms with Crippen molar-refractivity contribution < 1.29 is 19.5 Å². The largest absolute Gasteiger partial charge is 2.00 e. The summed E-state index contributed by atoms with van der Waals surface area (Å²) in [6.45, 7) is 0. The Bertz CT molecular complexity index is 7.61. The standard InChI is InChI=1S/2H3P.Rh.2H2S/h2*1H3;;2*1H2/q;;+2;;/p-2. The van der Waals surface area contributed by atoms with E-state index in [-0.39, 0.29) is 66.3 Å². The molecule has 0 amide bonds. The number of thiol groups is 2. The molecule has 39 valence electrons. The molecule has 2 atom stereocenters. The van der Waals surface area contributed by atoms with Crippen LogP contribution in [0.3, 0.4) is 0 Å². The molecule has 0 rings (SSSR count). The van der Waals surface area contributed by atoms with Crippen molar-refractivity contribution in [3.8, 4) is 0 Å². The smallest absolute Gasteiger partial charge is 0.813 e. The van der Waals surface area contributed by atoms with Gasteiger partial charge in [-0.15, -0.1) is 0 Å². The molecule has 0 saturated heterocycles. The van der Waals surface area contributed by atoms with Gasteiger partial charge in [0.15, 0.2) is 0 Å². The van der Waals surface area contributed by atoms with E-state index in [9.17, 15) is 0 Å². The molecule has 2 unspecified atom stereocenters. The van der Waals surface area contributed by atoms with Crippen LogP contribution in [0.2, 0.25) is 0 Å². The summed E-state index contributed by atoms with van der Waals surface area (Å²) in [7, 11) is 0. The van der Waals surface area contributed by atoms with Gasteiger partial charge in [0.25, 0.3) is 0 Å². The van der Waals surface area contributed by atoms with Crippen molar-refractivity contribution in [2.45, 2.75) is 0 Å². The minimum atomic E-state index is 0. The summed E-state index contributed by atoms with van der Waals surface area (Å²) in [4.78, 5) is 0. The molecule has 5 heavy (non-hydrogen) atoms. The fourth-order valence-corrected chi connectivity index (χ4v) is 0. The maximum atomic E-state index is 0. The van der Waals surface area contributed by atoms with E-state index in [1.807, 2.05) is 0 Å². The Morgan fingerprint density at radius 2 is 0.600 bits per heavy atom. The van der Waals surface area contributed by atoms with Crippen molar-refractivity contribution in [2.75, 3.05) is 0 Å². The Morgan fingerprint density at radius 1 is 0.600 bits per heavy atom. The van der Waals surface area contributed by atoms with Crippen molar-refractivity contribution in [2.24, 2.45) is 0 Å². The molecule has 0 aliphatic carbocycles. The van der Waals surface area contributed by atoms with E-state index in [4.69, 9.17) is 0 Å². The number of hydrogen-bond acceptors (Lipinski definition) is 2. The third-order valence-electron chi connectivity index (χ3n) is 0. The summed E-state index contributed by atoms with van der Waals surface area (Å²) in [6.07, 6.45) is 0. The second-order valence-electron chi connectivity index (χ2n) is 0. The van der Waals surface area contributed by atoms with E-state index in [2.05, 4.69) is 0 Å². The first kappa shape index (κ1) is 57.6. The van der Waals surface area contributed by atoms with Crippen LogP contribution in [0.1, 0.15) is 0 Å². The molecule has 1 radical (unpaired) electrons. The molecule has 0 spiro atoms. The average Bonchev–Trinajstić information content (AvgIpc) is 0. The van der Waals surface area contributed by atoms with Crippen LogP contribution in [-0.4, -0.2) is 0 Å². The van der Waals surface area contributed by atoms with E-state index in [1.54, 1.807) is 0 Å². The molecule has 0 N–H and O–H groups in total. The molecule has 0 aliphatic rings. The van der Waals surface area contributed by atoms with Gasteiger partial charge in [-0.05, 0) is 0 Å². The first-order chi connectivity index (χ1) is 0. The van der Waals surface area contributed by atoms with Crippen LogP contribution in [0.25, 0.3) is 0 Å². The second-order valence-corrected chi connectivity index (χ2v) is 0. The Labute approximate surface area is 66.1 Å². The van der Waals surface area contributed by atoms with E-state index in [1.165, 1.54) is 0 Å². The van der Waals surface area contributed by atoms with Gasteiger partial charge in [-0.1, -0.05) is 0 Å². The summed E-state index contributed by atoms with van der Waals surface area (Å²) < 4.78 is 0. The summed E-state index contributed by atoms with van der Waals surface area (Å²) in [5.41, 5.74) is 0. The molecule has 5 heteroatoms. The molecule has 0 nitrogen and oxygen atoms in total. The van der Waals surface area contributed by atoms with Gasteiger partial charge in [0.1, 0.15) is 0 Å². The van der Waals surface area contributed by atoms with Crippen LogP contribution in [-0.2, 0) is 46.5 Å². The van der Waals surface area contributed by atoms with Crippen molar-refractivity contribution >= 4 is 46.8 Å². The van der Waals surface area contributed by atoms with Crippen LogP contribution in [0.15, 0.2) is 0 Å². The molecule has 0 saturated carbocycles. The molecule has 0 heterocycles. The normalized spacial score (nSPS) is 0. The van der Waals surface area contributed by atoms with Crippen LogP contribution in [0.5, 0.6) is 0 Å². The van der Waals surface area contributed by atoms with Gasteiger partial charge in [0, 0.05) is 0 Å². The number of rotatable bonds is 0. The summed E-state index contributed by atoms with van der Waals surface area (Å²) >= 11 is 0. The van der Waals surface area contributed by atoms with Crippen LogP contribution in [0.4, 0.5) is 0 Å². The van der Waals surface area contributed by atoms with Crippen molar-refractivity contribution in [1.82, 2.24) is 0 Å². The van der Waals surface area contributed by atoms with Crippen LogP contribution >= 0.6 is 19.8 Å². The van der Waals surface area contributed by atoms with E-state index in [0.29, 0.717) is 0 Å². The van der Waals surface area contributed by atoms with Gasteiger partial charge in [0.2, 0.25) is 0 Å². The molecule has 0 fully saturated rings. The van der Waals surface area contributed by atoms with Crippen molar-refractivity contribution in [3.05, 3.63) is 0 Å². The molecule has 0 bridgehead atoms. The zero-order chi connectivity index (χ0) is 0. The Hall–Kier alpha value is 2.18. The van der Waals surface area contributed by atoms with Gasteiger partial charge >= 0.3 is 19.5 Å². The maximum absolute atomic E-state index is 0. The molecule has 0 aromatic rings. The van der Waals surface area contributed by atoms with Crippen molar-refractivity contribution in [1.29, 1.82) is 0 Å². The summed E-state index contributed by atoms with van der Waals surface area (Å²) in [6, 6.07) is 0. The zero-order valence-electron chi connectivity index (χ0n) is 2.64. The SMILES string of the molecule is P.P.[Rh+2].[SH-].[SH-]. The zero-order valence-corrected chi connectivity index (χ0v) is 8.90. The van der Waals surface area contributed by atoms with E-state index in [0.717, 1.165) is 0 Å². The van der Waals surface area contributed by atoms with E-state index < -0.39 is 0 Å². The predicted octanol–water partition coefficient (Wildman–Crippen LogP) is -0.427. The number of hydrogen-bond donors (Lipinski definition) is 0. The third kappa shape index (κ3) is 22.7. The molecule has 0 aliphatic heterocycles. The van der Waals surface area contributed by atoms with Gasteiger partial charge < -0.3 is 27.0 Å². The third-order valence-corrected chi connectivity index (χ3v) is 0. The fourth-order valence-electron chi connectivity index (χ4n) is 0. The predicted molar refractivity (Wildman–Crippen MR) is 39.7 cm³/mol. The molecule has 0 aromatic heterocycles. The first-order valence-corrected chi connectivity index (χ1v) is 0. The van der Waals surface area contributed by atoms with Gasteiger partial charge in [0.05, 0.1) is 0 Å². The topological polar surface area (TPSA) is 0 Å². The Kier molecular flexibility index (Phi) is 402. The minimum Gasteiger partial charge on any atom is -0.813 e. The Morgan fingerprint density at radius 3 is 0.600 bits per heavy atom. The quantitative estimate of drug-likeness (QED) is 0.243. The Balaban J connectivity index is 0. The summed E-state index contributed by atoms with van der Waals surface area (Å²) in [5.74, 6) is 0. The van der Waals surface area contributed by atoms with Gasteiger partial charge in [-0.25, -0.2) is 0 Å². The fraction of sp³-hybridized carbons (Fsp3) is 0. The molecular formula is H8P2RhS2. The molecular weight excluding hydrogens is 229 g/mol. The monoisotopic (exact) mass is 237 g/mol. The minimum absolute atomic E-state index is 0. The second kappa shape index (κ2) is 34.8. The van der Waals surface area contributed by atoms with Crippen LogP contribution in [0, 0.1) is 0 Å². The van der Waals surface area contributed by atoms with Crippen molar-refractivity contribution in [3.63, 3.8) is 0 Å². The summed E-state index contributed by atoms with van der Waals surface area (Å²) in [5, 5.41) is 0.